The topological polar surface area (TPSA) is 46.5 Å². The molecule has 0 saturated heterocycles. The third-order valence-electron chi connectivity index (χ3n) is 3.53. The Balaban J connectivity index is 0.000000390. The zero-order valence-corrected chi connectivity index (χ0v) is 17.0. The van der Waals surface area contributed by atoms with E-state index in [0.29, 0.717) is 17.7 Å². The van der Waals surface area contributed by atoms with Gasteiger partial charge in [0.05, 0.1) is 5.56 Å². The molecule has 1 heterocycles. The smallest absolute Gasteiger partial charge is 0.478 e. The van der Waals surface area contributed by atoms with Gasteiger partial charge in [-0.1, -0.05) is 44.0 Å². The van der Waals surface area contributed by atoms with Crippen LogP contribution < -0.4 is 56.1 Å². The zero-order chi connectivity index (χ0) is 15.9. The average Bonchev–Trinajstić information content (AvgIpc) is 2.53. The number of unbranched alkanes of at least 4 members (excludes halogenated alkanes) is 2. The van der Waals surface area contributed by atoms with E-state index >= 15 is 0 Å². The second kappa shape index (κ2) is 10.3. The molecular formula is C19H21KO3. The molecule has 23 heavy (non-hydrogen) atoms. The van der Waals surface area contributed by atoms with Crippen molar-refractivity contribution in [2.75, 3.05) is 0 Å². The first kappa shape index (κ1) is 20.4. The summed E-state index contributed by atoms with van der Waals surface area (Å²) in [4.78, 5) is 11.1. The quantitative estimate of drug-likeness (QED) is 0.588. The second-order valence-corrected chi connectivity index (χ2v) is 5.18. The van der Waals surface area contributed by atoms with E-state index in [-0.39, 0.29) is 51.4 Å². The molecule has 0 radical (unpaired) electrons. The van der Waals surface area contributed by atoms with Gasteiger partial charge in [0.25, 0.3) is 0 Å². The van der Waals surface area contributed by atoms with E-state index in [4.69, 9.17) is 9.84 Å². The van der Waals surface area contributed by atoms with Crippen LogP contribution in [0.4, 0.5) is 0 Å². The van der Waals surface area contributed by atoms with Crippen LogP contribution in [0, 0.1) is 6.92 Å². The number of aromatic carboxylic acids is 1. The molecule has 0 aliphatic carbocycles. The van der Waals surface area contributed by atoms with Gasteiger partial charge in [-0.25, -0.2) is 4.79 Å². The molecule has 0 unspecified atom stereocenters. The Morgan fingerprint density at radius 2 is 1.87 bits per heavy atom. The van der Waals surface area contributed by atoms with Crippen LogP contribution in [-0.2, 0) is 6.42 Å². The van der Waals surface area contributed by atoms with Crippen LogP contribution in [-0.4, -0.2) is 11.1 Å². The molecule has 0 amide bonds. The number of ether oxygens (including phenoxy) is 1. The summed E-state index contributed by atoms with van der Waals surface area (Å²) < 4.78 is 5.70. The maximum absolute atomic E-state index is 11.1. The van der Waals surface area contributed by atoms with Crippen LogP contribution in [0.25, 0.3) is 0 Å². The summed E-state index contributed by atoms with van der Waals surface area (Å²) >= 11 is 0. The van der Waals surface area contributed by atoms with Gasteiger partial charge in [-0.05, 0) is 23.8 Å². The fraction of sp³-hybridized carbons (Fsp3) is 0.263. The van der Waals surface area contributed by atoms with Crippen molar-refractivity contribution in [3.05, 3.63) is 66.1 Å². The van der Waals surface area contributed by atoms with Crippen LogP contribution >= 0.6 is 0 Å². The predicted molar refractivity (Wildman–Crippen MR) is 87.6 cm³/mol. The summed E-state index contributed by atoms with van der Waals surface area (Å²) in [5.74, 6) is 0.538. The maximum atomic E-state index is 11.1. The van der Waals surface area contributed by atoms with Crippen molar-refractivity contribution in [1.29, 1.82) is 0 Å². The number of hydrogen-bond donors (Lipinski definition) is 1. The number of hydrogen-bond acceptors (Lipinski definition) is 2. The average molecular weight is 336 g/mol. The van der Waals surface area contributed by atoms with Gasteiger partial charge < -0.3 is 16.8 Å². The number of carboxylic acid groups (broad SMARTS) is 1. The van der Waals surface area contributed by atoms with Crippen molar-refractivity contribution >= 4 is 5.97 Å². The molecule has 3 rings (SSSR count). The van der Waals surface area contributed by atoms with Gasteiger partial charge in [0.2, 0.25) is 0 Å². The summed E-state index contributed by atoms with van der Waals surface area (Å²) in [6.45, 7) is 5.85. The number of carboxylic acids is 1. The van der Waals surface area contributed by atoms with Gasteiger partial charge >= 0.3 is 57.4 Å². The standard InChI is InChI=1S/C14H10O3.C5H11.K/c15-14(16)10-5-3-7-13-11(10)8-9-4-1-2-6-12(9)17-13;1-3-5-4-2;/h1-7H,8H2,(H,15,16);1,3-5H2,2H3;/q;-1;+1. The fourth-order valence-corrected chi connectivity index (χ4v) is 2.35. The molecule has 2 aromatic carbocycles. The Bertz CT molecular complexity index is 651. The number of para-hydroxylation sites is 1. The summed E-state index contributed by atoms with van der Waals surface area (Å²) in [5, 5.41) is 9.13. The first-order valence-electron chi connectivity index (χ1n) is 7.57. The molecule has 0 saturated carbocycles. The Labute approximate surface area is 180 Å². The van der Waals surface area contributed by atoms with Gasteiger partial charge in [0.1, 0.15) is 11.5 Å². The Morgan fingerprint density at radius 3 is 2.48 bits per heavy atom. The first-order chi connectivity index (χ1) is 10.7. The molecule has 1 N–H and O–H groups in total. The minimum Gasteiger partial charge on any atom is -0.478 e. The van der Waals surface area contributed by atoms with Crippen LogP contribution in [0.5, 0.6) is 11.5 Å². The van der Waals surface area contributed by atoms with E-state index in [0.717, 1.165) is 23.3 Å². The predicted octanol–water partition coefficient (Wildman–Crippen LogP) is 2.10. The molecule has 1 aliphatic heterocycles. The maximum Gasteiger partial charge on any atom is 1.00 e. The minimum absolute atomic E-state index is 0. The molecule has 2 aromatic rings. The number of rotatable bonds is 3. The van der Waals surface area contributed by atoms with Crippen LogP contribution in [0.2, 0.25) is 0 Å². The zero-order valence-electron chi connectivity index (χ0n) is 13.8. The molecule has 3 nitrogen and oxygen atoms in total. The first-order valence-corrected chi connectivity index (χ1v) is 7.57. The van der Waals surface area contributed by atoms with E-state index in [1.165, 1.54) is 12.8 Å². The third-order valence-corrected chi connectivity index (χ3v) is 3.53. The van der Waals surface area contributed by atoms with E-state index in [1.54, 1.807) is 18.2 Å². The minimum atomic E-state index is -0.912. The van der Waals surface area contributed by atoms with Crippen LogP contribution in [0.1, 0.15) is 47.7 Å². The van der Waals surface area contributed by atoms with Gasteiger partial charge in [-0.2, -0.15) is 6.42 Å². The normalized spacial score (nSPS) is 10.9. The van der Waals surface area contributed by atoms with Crippen molar-refractivity contribution in [3.63, 3.8) is 0 Å². The fourth-order valence-electron chi connectivity index (χ4n) is 2.35. The van der Waals surface area contributed by atoms with E-state index in [1.807, 2.05) is 24.3 Å². The summed E-state index contributed by atoms with van der Waals surface area (Å²) in [5.41, 5.74) is 2.09. The Kier molecular flexibility index (Phi) is 9.10. The van der Waals surface area contributed by atoms with Crippen LogP contribution in [0.3, 0.4) is 0 Å². The van der Waals surface area contributed by atoms with Gasteiger partial charge in [0, 0.05) is 12.0 Å². The summed E-state index contributed by atoms with van der Waals surface area (Å²) in [6, 6.07) is 12.8. The largest absolute Gasteiger partial charge is 1.00 e. The van der Waals surface area contributed by atoms with Crippen molar-refractivity contribution in [2.24, 2.45) is 0 Å². The molecule has 0 aromatic heterocycles. The van der Waals surface area contributed by atoms with Crippen molar-refractivity contribution < 1.29 is 66.0 Å². The molecule has 1 aliphatic rings. The van der Waals surface area contributed by atoms with Crippen molar-refractivity contribution in [2.45, 2.75) is 32.6 Å². The van der Waals surface area contributed by atoms with Crippen molar-refractivity contribution in [1.82, 2.24) is 0 Å². The number of fused-ring (bicyclic) bond motifs is 2. The molecule has 0 atom stereocenters. The molecule has 4 heteroatoms. The molecular weight excluding hydrogens is 315 g/mol. The third kappa shape index (κ3) is 5.43. The Morgan fingerprint density at radius 1 is 1.17 bits per heavy atom. The van der Waals surface area contributed by atoms with Crippen molar-refractivity contribution in [3.8, 4) is 11.5 Å². The molecule has 116 valence electrons. The second-order valence-electron chi connectivity index (χ2n) is 5.18. The van der Waals surface area contributed by atoms with Gasteiger partial charge in [-0.15, -0.1) is 0 Å². The Hall–Kier alpha value is -0.654. The molecule has 0 spiro atoms. The summed E-state index contributed by atoms with van der Waals surface area (Å²) in [7, 11) is 0. The van der Waals surface area contributed by atoms with Gasteiger partial charge in [0.15, 0.2) is 0 Å². The van der Waals surface area contributed by atoms with Crippen LogP contribution in [0.15, 0.2) is 42.5 Å². The SMILES string of the molecule is O=C(O)c1cccc2c1Cc1ccccc1O2.[CH2-]CCCC.[K+]. The number of carbonyl (C=O) groups is 1. The molecule has 0 bridgehead atoms. The van der Waals surface area contributed by atoms with Gasteiger partial charge in [-0.3, -0.25) is 0 Å². The van der Waals surface area contributed by atoms with E-state index in [2.05, 4.69) is 13.8 Å². The molecule has 0 fully saturated rings. The monoisotopic (exact) mass is 336 g/mol. The number of benzene rings is 2. The van der Waals surface area contributed by atoms with E-state index < -0.39 is 5.97 Å². The summed E-state index contributed by atoms with van der Waals surface area (Å²) in [6.07, 6.45) is 4.26. The van der Waals surface area contributed by atoms with E-state index in [9.17, 15) is 4.79 Å².